The molecule has 1 fully saturated rings. The monoisotopic (exact) mass is 291 g/mol. The van der Waals surface area contributed by atoms with Gasteiger partial charge in [0.15, 0.2) is 12.4 Å². The maximum atomic E-state index is 13.5. The van der Waals surface area contributed by atoms with E-state index in [2.05, 4.69) is 10.1 Å². The van der Waals surface area contributed by atoms with Crippen LogP contribution in [0.15, 0.2) is 22.7 Å². The number of halogens is 1. The van der Waals surface area contributed by atoms with Gasteiger partial charge in [0.05, 0.1) is 0 Å². The van der Waals surface area contributed by atoms with Gasteiger partial charge >= 0.3 is 0 Å². The highest BCUT2D eigenvalue weighted by molar-refractivity contribution is 5.30. The smallest absolute Gasteiger partial charge is 0.264 e. The molecule has 112 valence electrons. The summed E-state index contributed by atoms with van der Waals surface area (Å²) in [5, 5.41) is 3.91. The summed E-state index contributed by atoms with van der Waals surface area (Å²) in [5.74, 6) is 1.69. The molecule has 0 radical (unpaired) electrons. The second kappa shape index (κ2) is 5.81. The van der Waals surface area contributed by atoms with Crippen molar-refractivity contribution in [1.29, 1.82) is 0 Å². The fourth-order valence-electron chi connectivity index (χ4n) is 2.17. The van der Waals surface area contributed by atoms with E-state index in [4.69, 9.17) is 15.0 Å². The summed E-state index contributed by atoms with van der Waals surface area (Å²) in [6.07, 6.45) is 2.83. The lowest BCUT2D eigenvalue weighted by atomic mass is 10.1. The van der Waals surface area contributed by atoms with Crippen molar-refractivity contribution < 1.29 is 13.7 Å². The minimum atomic E-state index is -0.340. The second-order valence-electron chi connectivity index (χ2n) is 5.59. The normalized spacial score (nSPS) is 16.0. The first-order valence-electron chi connectivity index (χ1n) is 7.10. The lowest BCUT2D eigenvalue weighted by molar-refractivity contribution is 0.241. The van der Waals surface area contributed by atoms with Gasteiger partial charge in [-0.3, -0.25) is 0 Å². The molecule has 3 rings (SSSR count). The number of ether oxygens (including phenoxy) is 1. The Morgan fingerprint density at radius 1 is 1.43 bits per heavy atom. The molecule has 2 N–H and O–H groups in total. The minimum absolute atomic E-state index is 0.0308. The predicted molar refractivity (Wildman–Crippen MR) is 74.4 cm³/mol. The van der Waals surface area contributed by atoms with Gasteiger partial charge in [-0.1, -0.05) is 5.16 Å². The van der Waals surface area contributed by atoms with Crippen LogP contribution >= 0.6 is 0 Å². The third kappa shape index (κ3) is 3.78. The lowest BCUT2D eigenvalue weighted by Gasteiger charge is -2.09. The van der Waals surface area contributed by atoms with Crippen molar-refractivity contribution >= 4 is 0 Å². The summed E-state index contributed by atoms with van der Waals surface area (Å²) >= 11 is 0. The van der Waals surface area contributed by atoms with Crippen molar-refractivity contribution in [2.24, 2.45) is 5.73 Å². The summed E-state index contributed by atoms with van der Waals surface area (Å²) < 4.78 is 24.2. The van der Waals surface area contributed by atoms with Gasteiger partial charge in [0, 0.05) is 18.0 Å². The molecule has 0 aliphatic heterocycles. The van der Waals surface area contributed by atoms with Gasteiger partial charge in [-0.2, -0.15) is 4.98 Å². The fourth-order valence-corrected chi connectivity index (χ4v) is 2.17. The molecule has 0 saturated heterocycles. The van der Waals surface area contributed by atoms with Crippen LogP contribution in [0.3, 0.4) is 0 Å². The maximum absolute atomic E-state index is 13.5. The fraction of sp³-hybridized carbons (Fsp3) is 0.467. The zero-order valence-corrected chi connectivity index (χ0v) is 11.9. The van der Waals surface area contributed by atoms with Crippen LogP contribution in [0.25, 0.3) is 0 Å². The van der Waals surface area contributed by atoms with Crippen molar-refractivity contribution in [3.8, 4) is 5.75 Å². The van der Waals surface area contributed by atoms with E-state index >= 15 is 0 Å². The molecule has 1 aromatic heterocycles. The lowest BCUT2D eigenvalue weighted by Crippen LogP contribution is -2.17. The first kappa shape index (κ1) is 14.0. The molecule has 1 unspecified atom stereocenters. The molecule has 0 bridgehead atoms. The van der Waals surface area contributed by atoms with Gasteiger partial charge < -0.3 is 15.0 Å². The van der Waals surface area contributed by atoms with Gasteiger partial charge in [-0.25, -0.2) is 4.39 Å². The molecule has 2 aromatic rings. The molecule has 21 heavy (non-hydrogen) atoms. The highest BCUT2D eigenvalue weighted by atomic mass is 19.1. The topological polar surface area (TPSA) is 74.2 Å². The van der Waals surface area contributed by atoms with E-state index in [0.717, 1.165) is 24.2 Å². The molecule has 0 spiro atoms. The van der Waals surface area contributed by atoms with E-state index in [9.17, 15) is 4.39 Å². The van der Waals surface area contributed by atoms with Crippen LogP contribution in [0.4, 0.5) is 4.39 Å². The summed E-state index contributed by atoms with van der Waals surface area (Å²) in [6, 6.07) is 4.55. The number of hydrogen-bond acceptors (Lipinski definition) is 5. The molecule has 1 aliphatic carbocycles. The molecule has 5 nitrogen and oxygen atoms in total. The summed E-state index contributed by atoms with van der Waals surface area (Å²) in [6.45, 7) is 2.02. The second-order valence-corrected chi connectivity index (χ2v) is 5.59. The zero-order chi connectivity index (χ0) is 14.8. The Kier molecular flexibility index (Phi) is 3.88. The number of nitrogens with two attached hydrogens (primary N) is 1. The average Bonchev–Trinajstić information content (AvgIpc) is 3.14. The number of benzene rings is 1. The largest absolute Gasteiger partial charge is 0.484 e. The summed E-state index contributed by atoms with van der Waals surface area (Å²) in [4.78, 5) is 4.26. The zero-order valence-electron chi connectivity index (χ0n) is 11.9. The Morgan fingerprint density at radius 3 is 2.95 bits per heavy atom. The first-order valence-corrected chi connectivity index (χ1v) is 7.10. The Labute approximate surface area is 122 Å². The van der Waals surface area contributed by atoms with Gasteiger partial charge in [0.25, 0.3) is 5.89 Å². The summed E-state index contributed by atoms with van der Waals surface area (Å²) in [7, 11) is 0. The number of aromatic nitrogens is 2. The number of rotatable bonds is 6. The van der Waals surface area contributed by atoms with Crippen LogP contribution in [-0.2, 0) is 13.0 Å². The van der Waals surface area contributed by atoms with Crippen LogP contribution < -0.4 is 10.5 Å². The predicted octanol–water partition coefficient (Wildman–Crippen LogP) is 2.55. The van der Waals surface area contributed by atoms with E-state index in [1.54, 1.807) is 6.07 Å². The summed E-state index contributed by atoms with van der Waals surface area (Å²) in [5.41, 5.74) is 6.54. The Hall–Kier alpha value is -1.95. The van der Waals surface area contributed by atoms with Crippen LogP contribution in [0.2, 0.25) is 0 Å². The van der Waals surface area contributed by atoms with Crippen LogP contribution in [0.5, 0.6) is 5.75 Å². The molecular weight excluding hydrogens is 273 g/mol. The quantitative estimate of drug-likeness (QED) is 0.885. The SMILES string of the molecule is CC(N)Cc1cc(F)cc(OCc2nc(C3CC3)no2)c1. The molecule has 1 aromatic carbocycles. The van der Waals surface area contributed by atoms with Crippen molar-refractivity contribution in [2.75, 3.05) is 0 Å². The standard InChI is InChI=1S/C15H18FN3O2/c1-9(17)4-10-5-12(16)7-13(6-10)20-8-14-18-15(19-21-14)11-2-3-11/h5-7,9,11H,2-4,8,17H2,1H3. The molecule has 6 heteroatoms. The van der Waals surface area contributed by atoms with Crippen LogP contribution in [0, 0.1) is 5.82 Å². The van der Waals surface area contributed by atoms with E-state index in [0.29, 0.717) is 24.0 Å². The molecule has 1 atom stereocenters. The van der Waals surface area contributed by atoms with Gasteiger partial charge in [0.2, 0.25) is 0 Å². The van der Waals surface area contributed by atoms with E-state index in [1.165, 1.54) is 12.1 Å². The minimum Gasteiger partial charge on any atom is -0.484 e. The Morgan fingerprint density at radius 2 is 2.24 bits per heavy atom. The molecule has 1 aliphatic rings. The number of nitrogens with zero attached hydrogens (tertiary/aromatic N) is 2. The van der Waals surface area contributed by atoms with Crippen LogP contribution in [-0.4, -0.2) is 16.2 Å². The molecule has 0 amide bonds. The highest BCUT2D eigenvalue weighted by Crippen LogP contribution is 2.38. The van der Waals surface area contributed by atoms with Crippen molar-refractivity contribution in [3.05, 3.63) is 41.3 Å². The maximum Gasteiger partial charge on any atom is 0.264 e. The van der Waals surface area contributed by atoms with Crippen molar-refractivity contribution in [2.45, 2.75) is 44.8 Å². The third-order valence-corrected chi connectivity index (χ3v) is 3.28. The average molecular weight is 291 g/mol. The Balaban J connectivity index is 1.64. The first-order chi connectivity index (χ1) is 10.1. The Bertz CT molecular complexity index is 623. The molecule has 1 saturated carbocycles. The van der Waals surface area contributed by atoms with Gasteiger partial charge in [-0.15, -0.1) is 0 Å². The number of hydrogen-bond donors (Lipinski definition) is 1. The van der Waals surface area contributed by atoms with E-state index in [-0.39, 0.29) is 18.5 Å². The van der Waals surface area contributed by atoms with Crippen LogP contribution in [0.1, 0.15) is 43.0 Å². The van der Waals surface area contributed by atoms with Crippen molar-refractivity contribution in [3.63, 3.8) is 0 Å². The highest BCUT2D eigenvalue weighted by Gasteiger charge is 2.28. The van der Waals surface area contributed by atoms with E-state index < -0.39 is 0 Å². The van der Waals surface area contributed by atoms with Gasteiger partial charge in [-0.05, 0) is 43.9 Å². The molecular formula is C15H18FN3O2. The van der Waals surface area contributed by atoms with E-state index in [1.807, 2.05) is 6.92 Å². The van der Waals surface area contributed by atoms with Crippen molar-refractivity contribution in [1.82, 2.24) is 10.1 Å². The third-order valence-electron chi connectivity index (χ3n) is 3.28. The molecule has 1 heterocycles. The van der Waals surface area contributed by atoms with Gasteiger partial charge in [0.1, 0.15) is 11.6 Å².